The molecule has 1 atom stereocenters. The molecule has 3 aliphatic rings. The number of carbonyl (C=O) groups excluding carboxylic acids is 2. The van der Waals surface area contributed by atoms with Gasteiger partial charge < -0.3 is 39.4 Å². The minimum Gasteiger partial charge on any atom is -0.484 e. The van der Waals surface area contributed by atoms with Gasteiger partial charge in [-0.3, -0.25) is 14.5 Å². The van der Waals surface area contributed by atoms with Gasteiger partial charge in [0, 0.05) is 64.8 Å². The molecule has 14 nitrogen and oxygen atoms in total. The van der Waals surface area contributed by atoms with Crippen LogP contribution in [-0.4, -0.2) is 113 Å². The summed E-state index contributed by atoms with van der Waals surface area (Å²) in [4.78, 5) is 44.5. The predicted octanol–water partition coefficient (Wildman–Crippen LogP) is 1.72. The monoisotopic (exact) mass is 654 g/mol. The second kappa shape index (κ2) is 14.6. The number of ether oxygens (including phenoxy) is 2. The van der Waals surface area contributed by atoms with Crippen LogP contribution in [0.4, 0.5) is 11.8 Å². The maximum atomic E-state index is 13.3. The first-order chi connectivity index (χ1) is 22.4. The fourth-order valence-electron chi connectivity index (χ4n) is 5.72. The number of carbonyl (C=O) groups is 2. The SMILES string of the molecule is CCC(=O)N1CCN(c2nc(NC3COC3)cc(C(=O)NC[C@H](O)CN3CCc4c(ccc(OCc5cnco5)c4Cl)C3)n2)CC1. The van der Waals surface area contributed by atoms with Gasteiger partial charge in [0.25, 0.3) is 5.91 Å². The quantitative estimate of drug-likeness (QED) is 0.260. The predicted molar refractivity (Wildman–Crippen MR) is 169 cm³/mol. The number of rotatable bonds is 12. The van der Waals surface area contributed by atoms with Crippen LogP contribution in [0.2, 0.25) is 5.02 Å². The van der Waals surface area contributed by atoms with E-state index < -0.39 is 12.0 Å². The van der Waals surface area contributed by atoms with E-state index in [4.69, 9.17) is 25.5 Å². The van der Waals surface area contributed by atoms with E-state index in [1.165, 1.54) is 6.39 Å². The lowest BCUT2D eigenvalue weighted by atomic mass is 9.99. The van der Waals surface area contributed by atoms with Crippen LogP contribution in [0.15, 0.2) is 35.2 Å². The summed E-state index contributed by atoms with van der Waals surface area (Å²) >= 11 is 6.67. The number of hydrogen-bond donors (Lipinski definition) is 3. The van der Waals surface area contributed by atoms with E-state index >= 15 is 0 Å². The van der Waals surface area contributed by atoms with Gasteiger partial charge >= 0.3 is 0 Å². The number of halogens is 1. The molecule has 3 aliphatic heterocycles. The highest BCUT2D eigenvalue weighted by Gasteiger charge is 2.26. The highest BCUT2D eigenvalue weighted by Crippen LogP contribution is 2.34. The Morgan fingerprint density at radius 2 is 2.00 bits per heavy atom. The van der Waals surface area contributed by atoms with Crippen LogP contribution in [0, 0.1) is 0 Å². The average Bonchev–Trinajstić information content (AvgIpc) is 3.58. The summed E-state index contributed by atoms with van der Waals surface area (Å²) in [6.07, 6.45) is 3.35. The van der Waals surface area contributed by atoms with Crippen molar-refractivity contribution in [2.75, 3.05) is 69.2 Å². The summed E-state index contributed by atoms with van der Waals surface area (Å²) in [6.45, 7) is 7.29. The highest BCUT2D eigenvalue weighted by atomic mass is 35.5. The lowest BCUT2D eigenvalue weighted by Crippen LogP contribution is -2.49. The number of hydrogen-bond acceptors (Lipinski definition) is 12. The van der Waals surface area contributed by atoms with Gasteiger partial charge in [-0.05, 0) is 23.6 Å². The first-order valence-corrected chi connectivity index (χ1v) is 16.0. The molecule has 246 valence electrons. The van der Waals surface area contributed by atoms with Crippen molar-refractivity contribution >= 4 is 35.2 Å². The Balaban J connectivity index is 1.03. The molecule has 0 unspecified atom stereocenters. The third-order valence-electron chi connectivity index (χ3n) is 8.35. The zero-order valence-corrected chi connectivity index (χ0v) is 26.5. The minimum absolute atomic E-state index is 0.0632. The fourth-order valence-corrected chi connectivity index (χ4v) is 6.05. The number of benzene rings is 1. The molecule has 6 rings (SSSR count). The second-order valence-electron chi connectivity index (χ2n) is 11.7. The number of β-amino-alcohol motifs (C(OH)–C–C–N with tert-alkyl or cyclic N) is 1. The number of aliphatic hydroxyl groups is 1. The molecule has 0 radical (unpaired) electrons. The molecule has 46 heavy (non-hydrogen) atoms. The van der Waals surface area contributed by atoms with Gasteiger partial charge in [0.1, 0.15) is 23.9 Å². The van der Waals surface area contributed by atoms with Crippen molar-refractivity contribution in [2.45, 2.75) is 45.1 Å². The first-order valence-electron chi connectivity index (χ1n) is 15.6. The summed E-state index contributed by atoms with van der Waals surface area (Å²) in [5.74, 6) is 1.89. The Hall–Kier alpha value is -3.98. The van der Waals surface area contributed by atoms with Crippen molar-refractivity contribution in [3.63, 3.8) is 0 Å². The van der Waals surface area contributed by atoms with E-state index in [2.05, 4.69) is 30.5 Å². The number of oxazole rings is 1. The molecule has 15 heteroatoms. The van der Waals surface area contributed by atoms with E-state index in [1.54, 1.807) is 12.3 Å². The van der Waals surface area contributed by atoms with E-state index in [9.17, 15) is 14.7 Å². The fraction of sp³-hybridized carbons (Fsp3) is 0.516. The third kappa shape index (κ3) is 7.69. The van der Waals surface area contributed by atoms with Crippen molar-refractivity contribution in [2.24, 2.45) is 0 Å². The maximum absolute atomic E-state index is 13.3. The molecule has 3 N–H and O–H groups in total. The van der Waals surface area contributed by atoms with E-state index in [0.29, 0.717) is 100 Å². The summed E-state index contributed by atoms with van der Waals surface area (Å²) in [7, 11) is 0. The molecule has 0 spiro atoms. The highest BCUT2D eigenvalue weighted by molar-refractivity contribution is 6.33. The molecule has 0 saturated carbocycles. The van der Waals surface area contributed by atoms with Crippen molar-refractivity contribution in [3.8, 4) is 5.75 Å². The van der Waals surface area contributed by atoms with Crippen molar-refractivity contribution < 1.29 is 28.6 Å². The van der Waals surface area contributed by atoms with E-state index in [-0.39, 0.29) is 30.8 Å². The lowest BCUT2D eigenvalue weighted by Gasteiger charge is -2.35. The Bertz CT molecular complexity index is 1510. The van der Waals surface area contributed by atoms with Crippen LogP contribution in [-0.2, 0) is 29.1 Å². The smallest absolute Gasteiger partial charge is 0.270 e. The summed E-state index contributed by atoms with van der Waals surface area (Å²) in [5, 5.41) is 17.6. The van der Waals surface area contributed by atoms with Gasteiger partial charge in [0.05, 0.1) is 36.6 Å². The number of piperazine rings is 1. The zero-order valence-electron chi connectivity index (χ0n) is 25.8. The van der Waals surface area contributed by atoms with Gasteiger partial charge in [-0.2, -0.15) is 4.98 Å². The number of aliphatic hydroxyl groups excluding tert-OH is 1. The Kier molecular flexibility index (Phi) is 10.2. The number of amides is 2. The van der Waals surface area contributed by atoms with Crippen LogP contribution in [0.3, 0.4) is 0 Å². The largest absolute Gasteiger partial charge is 0.484 e. The maximum Gasteiger partial charge on any atom is 0.270 e. The molecule has 3 aromatic rings. The van der Waals surface area contributed by atoms with Crippen LogP contribution < -0.4 is 20.3 Å². The number of fused-ring (bicyclic) bond motifs is 1. The van der Waals surface area contributed by atoms with Gasteiger partial charge in [-0.15, -0.1) is 0 Å². The average molecular weight is 655 g/mol. The Morgan fingerprint density at radius 3 is 2.72 bits per heavy atom. The Morgan fingerprint density at radius 1 is 1.17 bits per heavy atom. The molecular formula is C31H39ClN8O6. The van der Waals surface area contributed by atoms with E-state index in [0.717, 1.165) is 11.1 Å². The van der Waals surface area contributed by atoms with Crippen molar-refractivity contribution in [1.82, 2.24) is 30.1 Å². The standard InChI is InChI=1S/C31H39ClN8O6/c1-2-28(42)39-7-9-40(10-8-39)31-36-25(11-27(37-31)35-21-16-44-17-21)30(43)34-12-22(41)15-38-6-5-24-20(14-38)3-4-26(29(24)32)45-18-23-13-33-19-46-23/h3-4,11,13,19,21-22,41H,2,5-10,12,14-18H2,1H3,(H,34,43)(H,35,36,37)/t22-/m0/s1. The van der Waals surface area contributed by atoms with Gasteiger partial charge in [0.15, 0.2) is 12.2 Å². The van der Waals surface area contributed by atoms with Crippen LogP contribution in [0.25, 0.3) is 0 Å². The van der Waals surface area contributed by atoms with Gasteiger partial charge in [-0.1, -0.05) is 24.6 Å². The molecule has 2 amide bonds. The summed E-state index contributed by atoms with van der Waals surface area (Å²) in [6, 6.07) is 5.57. The van der Waals surface area contributed by atoms with E-state index in [1.807, 2.05) is 28.9 Å². The molecule has 0 aliphatic carbocycles. The number of nitrogens with zero attached hydrogens (tertiary/aromatic N) is 6. The van der Waals surface area contributed by atoms with Crippen molar-refractivity contribution in [3.05, 3.63) is 58.4 Å². The second-order valence-corrected chi connectivity index (χ2v) is 12.0. The molecule has 1 aromatic carbocycles. The van der Waals surface area contributed by atoms with Gasteiger partial charge in [-0.25, -0.2) is 9.97 Å². The van der Waals surface area contributed by atoms with Crippen LogP contribution >= 0.6 is 11.6 Å². The number of aromatic nitrogens is 3. The normalized spacial score (nSPS) is 17.6. The third-order valence-corrected chi connectivity index (χ3v) is 8.77. The van der Waals surface area contributed by atoms with Crippen LogP contribution in [0.1, 0.15) is 40.7 Å². The summed E-state index contributed by atoms with van der Waals surface area (Å²) < 4.78 is 16.3. The van der Waals surface area contributed by atoms with Crippen LogP contribution in [0.5, 0.6) is 5.75 Å². The molecule has 0 bridgehead atoms. The Labute approximate surface area is 272 Å². The number of anilines is 2. The lowest BCUT2D eigenvalue weighted by molar-refractivity contribution is -0.131. The molecular weight excluding hydrogens is 616 g/mol. The summed E-state index contributed by atoms with van der Waals surface area (Å²) in [5.41, 5.74) is 2.31. The molecule has 2 fully saturated rings. The van der Waals surface area contributed by atoms with Crippen molar-refractivity contribution in [1.29, 1.82) is 0 Å². The zero-order chi connectivity index (χ0) is 32.0. The minimum atomic E-state index is -0.791. The topological polar surface area (TPSA) is 158 Å². The molecule has 2 aromatic heterocycles. The van der Waals surface area contributed by atoms with Gasteiger partial charge in [0.2, 0.25) is 11.9 Å². The first kappa shape index (κ1) is 32.0. The molecule has 2 saturated heterocycles. The number of nitrogens with one attached hydrogen (secondary N) is 2. The molecule has 5 heterocycles.